The first kappa shape index (κ1) is 12.6. The maximum Gasteiger partial charge on any atom is 0.147 e. The van der Waals surface area contributed by atoms with Gasteiger partial charge in [0.25, 0.3) is 0 Å². The molecular weight excluding hydrogens is 236 g/mol. The van der Waals surface area contributed by atoms with Crippen molar-refractivity contribution in [2.45, 2.75) is 31.3 Å². The molecule has 0 bridgehead atoms. The maximum atomic E-state index is 11.1. The van der Waals surface area contributed by atoms with Crippen LogP contribution in [0.1, 0.15) is 30.4 Å². The van der Waals surface area contributed by atoms with Gasteiger partial charge in [-0.05, 0) is 36.8 Å². The lowest BCUT2D eigenvalue weighted by molar-refractivity contribution is 0.0289. The molecule has 1 aromatic rings. The fraction of sp³-hybridized carbons (Fsp3) is 0.538. The second-order valence-corrected chi connectivity index (χ2v) is 7.18. The molecule has 4 heteroatoms. The van der Waals surface area contributed by atoms with Crippen LogP contribution in [-0.2, 0) is 21.9 Å². The molecule has 17 heavy (non-hydrogen) atoms. The van der Waals surface area contributed by atoms with Gasteiger partial charge in [-0.3, -0.25) is 0 Å². The van der Waals surface area contributed by atoms with E-state index in [-0.39, 0.29) is 5.75 Å². The van der Waals surface area contributed by atoms with E-state index in [1.165, 1.54) is 11.8 Å². The van der Waals surface area contributed by atoms with E-state index < -0.39 is 15.4 Å². The molecule has 1 unspecified atom stereocenters. The van der Waals surface area contributed by atoms with Crippen LogP contribution in [0.5, 0.6) is 0 Å². The summed E-state index contributed by atoms with van der Waals surface area (Å²) >= 11 is 0. The predicted molar refractivity (Wildman–Crippen MR) is 67.6 cm³/mol. The van der Waals surface area contributed by atoms with E-state index in [9.17, 15) is 13.5 Å². The largest absolute Gasteiger partial charge is 0.385 e. The molecule has 0 heterocycles. The van der Waals surface area contributed by atoms with E-state index in [0.717, 1.165) is 12.0 Å². The quantitative estimate of drug-likeness (QED) is 0.888. The number of aryl methyl sites for hydroxylation is 1. The summed E-state index contributed by atoms with van der Waals surface area (Å²) in [7, 11) is -2.93. The minimum absolute atomic E-state index is 0.150. The lowest BCUT2D eigenvalue weighted by Crippen LogP contribution is -2.23. The van der Waals surface area contributed by atoms with E-state index in [1.807, 2.05) is 24.3 Å². The van der Waals surface area contributed by atoms with Crippen LogP contribution >= 0.6 is 0 Å². The van der Waals surface area contributed by atoms with Crippen molar-refractivity contribution in [3.05, 3.63) is 35.4 Å². The zero-order valence-electron chi connectivity index (χ0n) is 10.0. The summed E-state index contributed by atoms with van der Waals surface area (Å²) in [6.07, 6.45) is 3.86. The molecule has 3 nitrogen and oxygen atoms in total. The molecule has 0 fully saturated rings. The molecule has 94 valence electrons. The number of hydrogen-bond donors (Lipinski definition) is 1. The van der Waals surface area contributed by atoms with Crippen molar-refractivity contribution in [3.8, 4) is 0 Å². The molecule has 1 aliphatic rings. The summed E-state index contributed by atoms with van der Waals surface area (Å²) in [5, 5.41) is 10.5. The smallest absolute Gasteiger partial charge is 0.147 e. The zero-order valence-corrected chi connectivity index (χ0v) is 10.8. The SMILES string of the molecule is CS(=O)(=O)CCCC1(O)CCc2ccccc21. The second-order valence-electron chi connectivity index (χ2n) is 4.92. The van der Waals surface area contributed by atoms with Crippen LogP contribution in [0.4, 0.5) is 0 Å². The van der Waals surface area contributed by atoms with E-state index in [0.29, 0.717) is 19.3 Å². The van der Waals surface area contributed by atoms with Gasteiger partial charge in [-0.2, -0.15) is 0 Å². The van der Waals surface area contributed by atoms with Crippen LogP contribution in [0.25, 0.3) is 0 Å². The third kappa shape index (κ3) is 2.87. The maximum absolute atomic E-state index is 11.1. The van der Waals surface area contributed by atoms with Gasteiger partial charge in [0, 0.05) is 12.0 Å². The highest BCUT2D eigenvalue weighted by Gasteiger charge is 2.35. The Morgan fingerprint density at radius 2 is 2.06 bits per heavy atom. The van der Waals surface area contributed by atoms with Crippen LogP contribution in [0.3, 0.4) is 0 Å². The van der Waals surface area contributed by atoms with Gasteiger partial charge in [0.2, 0.25) is 0 Å². The van der Waals surface area contributed by atoms with Crippen LogP contribution in [0.15, 0.2) is 24.3 Å². The third-order valence-electron chi connectivity index (χ3n) is 3.43. The summed E-state index contributed by atoms with van der Waals surface area (Å²) in [6, 6.07) is 7.87. The standard InChI is InChI=1S/C13H18O3S/c1-17(15,16)10-4-8-13(14)9-7-11-5-2-3-6-12(11)13/h2-3,5-6,14H,4,7-10H2,1H3. The summed E-state index contributed by atoms with van der Waals surface area (Å²) in [6.45, 7) is 0. The van der Waals surface area contributed by atoms with E-state index >= 15 is 0 Å². The molecule has 2 rings (SSSR count). The van der Waals surface area contributed by atoms with Crippen molar-refractivity contribution in [2.24, 2.45) is 0 Å². The van der Waals surface area contributed by atoms with Gasteiger partial charge in [-0.15, -0.1) is 0 Å². The number of rotatable bonds is 4. The number of hydrogen-bond acceptors (Lipinski definition) is 3. The van der Waals surface area contributed by atoms with Crippen molar-refractivity contribution >= 4 is 9.84 Å². The van der Waals surface area contributed by atoms with Crippen LogP contribution < -0.4 is 0 Å². The molecule has 0 amide bonds. The fourth-order valence-corrected chi connectivity index (χ4v) is 3.22. The molecule has 0 aromatic heterocycles. The van der Waals surface area contributed by atoms with Crippen molar-refractivity contribution in [1.82, 2.24) is 0 Å². The molecule has 1 aromatic carbocycles. The second kappa shape index (κ2) is 4.42. The summed E-state index contributed by atoms with van der Waals surface area (Å²) in [5.74, 6) is 0.150. The Hall–Kier alpha value is -0.870. The number of sulfone groups is 1. The minimum Gasteiger partial charge on any atom is -0.385 e. The van der Waals surface area contributed by atoms with E-state index in [2.05, 4.69) is 0 Å². The Morgan fingerprint density at radius 3 is 2.76 bits per heavy atom. The Labute approximate surface area is 102 Å². The minimum atomic E-state index is -2.93. The van der Waals surface area contributed by atoms with Gasteiger partial charge in [-0.25, -0.2) is 8.42 Å². The molecule has 1 aliphatic carbocycles. The van der Waals surface area contributed by atoms with Gasteiger partial charge in [0.1, 0.15) is 9.84 Å². The van der Waals surface area contributed by atoms with Gasteiger partial charge < -0.3 is 5.11 Å². The molecule has 0 spiro atoms. The highest BCUT2D eigenvalue weighted by Crippen LogP contribution is 2.39. The van der Waals surface area contributed by atoms with Gasteiger partial charge in [0.15, 0.2) is 0 Å². The van der Waals surface area contributed by atoms with Gasteiger partial charge >= 0.3 is 0 Å². The van der Waals surface area contributed by atoms with Gasteiger partial charge in [-0.1, -0.05) is 24.3 Å². The molecule has 1 N–H and O–H groups in total. The molecule has 0 saturated carbocycles. The molecule has 0 saturated heterocycles. The first-order valence-corrected chi connectivity index (χ1v) is 7.95. The first-order chi connectivity index (χ1) is 7.91. The van der Waals surface area contributed by atoms with Crippen LogP contribution in [0.2, 0.25) is 0 Å². The Balaban J connectivity index is 2.07. The third-order valence-corrected chi connectivity index (χ3v) is 4.46. The van der Waals surface area contributed by atoms with E-state index in [1.54, 1.807) is 0 Å². The predicted octanol–water partition coefficient (Wildman–Crippen LogP) is 1.65. The topological polar surface area (TPSA) is 54.4 Å². The first-order valence-electron chi connectivity index (χ1n) is 5.89. The fourth-order valence-electron chi connectivity index (χ4n) is 2.55. The Morgan fingerprint density at radius 1 is 1.35 bits per heavy atom. The Bertz CT molecular complexity index is 507. The number of benzene rings is 1. The highest BCUT2D eigenvalue weighted by atomic mass is 32.2. The summed E-state index contributed by atoms with van der Waals surface area (Å²) in [4.78, 5) is 0. The lowest BCUT2D eigenvalue weighted by Gasteiger charge is -2.23. The summed E-state index contributed by atoms with van der Waals surface area (Å²) < 4.78 is 22.1. The Kier molecular flexibility index (Phi) is 3.27. The van der Waals surface area contributed by atoms with Crippen molar-refractivity contribution < 1.29 is 13.5 Å². The van der Waals surface area contributed by atoms with Crippen molar-refractivity contribution in [3.63, 3.8) is 0 Å². The number of aliphatic hydroxyl groups is 1. The van der Waals surface area contributed by atoms with Gasteiger partial charge in [0.05, 0.1) is 5.60 Å². The van der Waals surface area contributed by atoms with E-state index in [4.69, 9.17) is 0 Å². The lowest BCUT2D eigenvalue weighted by atomic mass is 9.91. The summed E-state index contributed by atoms with van der Waals surface area (Å²) in [5.41, 5.74) is 1.35. The van der Waals surface area contributed by atoms with Crippen molar-refractivity contribution in [2.75, 3.05) is 12.0 Å². The molecule has 0 radical (unpaired) electrons. The zero-order chi connectivity index (χ0) is 12.5. The van der Waals surface area contributed by atoms with Crippen LogP contribution in [0, 0.1) is 0 Å². The van der Waals surface area contributed by atoms with Crippen molar-refractivity contribution in [1.29, 1.82) is 0 Å². The molecule has 1 atom stereocenters. The average molecular weight is 254 g/mol. The molecule has 0 aliphatic heterocycles. The highest BCUT2D eigenvalue weighted by molar-refractivity contribution is 7.90. The van der Waals surface area contributed by atoms with Crippen LogP contribution in [-0.4, -0.2) is 25.5 Å². The number of fused-ring (bicyclic) bond motifs is 1. The average Bonchev–Trinajstić information content (AvgIpc) is 2.56. The molecular formula is C13H18O3S. The monoisotopic (exact) mass is 254 g/mol. The normalized spacial score (nSPS) is 23.6.